The third-order valence-electron chi connectivity index (χ3n) is 3.69. The molecule has 0 aliphatic carbocycles. The zero-order chi connectivity index (χ0) is 12.8. The van der Waals surface area contributed by atoms with Crippen LogP contribution in [0.4, 0.5) is 0 Å². The van der Waals surface area contributed by atoms with Gasteiger partial charge in [-0.25, -0.2) is 4.99 Å². The van der Waals surface area contributed by atoms with Crippen molar-refractivity contribution in [2.75, 3.05) is 0 Å². The number of furan rings is 1. The number of nitrogens with one attached hydrogen (secondary N) is 1. The van der Waals surface area contributed by atoms with Crippen LogP contribution in [-0.2, 0) is 0 Å². The van der Waals surface area contributed by atoms with Crippen molar-refractivity contribution >= 4 is 27.7 Å². The molecular weight excluding hydrogens is 234 g/mol. The Morgan fingerprint density at radius 3 is 2.68 bits per heavy atom. The number of rotatable bonds is 1. The summed E-state index contributed by atoms with van der Waals surface area (Å²) < 4.78 is 6.05. The van der Waals surface area contributed by atoms with Gasteiger partial charge in [0, 0.05) is 23.8 Å². The van der Waals surface area contributed by atoms with E-state index in [1.165, 1.54) is 22.0 Å². The topological polar surface area (TPSA) is 27.1 Å². The van der Waals surface area contributed by atoms with Gasteiger partial charge in [-0.3, -0.25) is 0 Å². The van der Waals surface area contributed by atoms with Gasteiger partial charge >= 0.3 is 0 Å². The predicted octanol–water partition coefficient (Wildman–Crippen LogP) is 2.74. The van der Waals surface area contributed by atoms with Gasteiger partial charge in [-0.2, -0.15) is 0 Å². The Balaban J connectivity index is 2.04. The molecule has 0 bridgehead atoms. The summed E-state index contributed by atoms with van der Waals surface area (Å²) in [6, 6.07) is 14.8. The molecule has 2 heteroatoms. The van der Waals surface area contributed by atoms with Gasteiger partial charge in [0.25, 0.3) is 0 Å². The van der Waals surface area contributed by atoms with Crippen molar-refractivity contribution in [2.45, 2.75) is 13.0 Å². The molecule has 19 heavy (non-hydrogen) atoms. The molecule has 0 saturated carbocycles. The van der Waals surface area contributed by atoms with E-state index in [9.17, 15) is 0 Å². The molecule has 0 spiro atoms. The van der Waals surface area contributed by atoms with Crippen LogP contribution < -0.4 is 4.99 Å². The van der Waals surface area contributed by atoms with Crippen molar-refractivity contribution in [3.8, 4) is 0 Å². The Morgan fingerprint density at radius 1 is 1.00 bits per heavy atom. The van der Waals surface area contributed by atoms with E-state index in [2.05, 4.69) is 54.4 Å². The van der Waals surface area contributed by atoms with Crippen LogP contribution in [0.2, 0.25) is 0 Å². The molecule has 0 radical (unpaired) electrons. The lowest BCUT2D eigenvalue weighted by atomic mass is 10.0. The molecule has 1 aliphatic heterocycles. The Hall–Kier alpha value is -2.35. The van der Waals surface area contributed by atoms with Gasteiger partial charge in [-0.1, -0.05) is 30.3 Å². The number of hydrogen-bond donors (Lipinski definition) is 1. The van der Waals surface area contributed by atoms with Crippen LogP contribution in [-0.4, -0.2) is 5.71 Å². The summed E-state index contributed by atoms with van der Waals surface area (Å²) in [6.45, 7) is 2.08. The lowest BCUT2D eigenvalue weighted by Gasteiger charge is -2.01. The fraction of sp³-hybridized carbons (Fsp3) is 0.118. The molecule has 0 fully saturated rings. The largest absolute Gasteiger partial charge is 0.455 e. The van der Waals surface area contributed by atoms with E-state index in [0.29, 0.717) is 0 Å². The van der Waals surface area contributed by atoms with Crippen LogP contribution in [0.25, 0.3) is 21.9 Å². The first-order valence-electron chi connectivity index (χ1n) is 6.51. The van der Waals surface area contributed by atoms with Crippen molar-refractivity contribution in [3.05, 3.63) is 60.2 Å². The highest BCUT2D eigenvalue weighted by Crippen LogP contribution is 2.32. The molecule has 1 atom stereocenters. The lowest BCUT2D eigenvalue weighted by molar-refractivity contribution is -0.490. The van der Waals surface area contributed by atoms with Crippen LogP contribution in [0, 0.1) is 0 Å². The second kappa shape index (κ2) is 3.82. The van der Waals surface area contributed by atoms with Crippen LogP contribution in [0.3, 0.4) is 0 Å². The van der Waals surface area contributed by atoms with Crippen LogP contribution in [0.5, 0.6) is 0 Å². The fourth-order valence-corrected chi connectivity index (χ4v) is 2.78. The van der Waals surface area contributed by atoms with Gasteiger partial charge in [0.15, 0.2) is 11.8 Å². The van der Waals surface area contributed by atoms with Crippen LogP contribution in [0.15, 0.2) is 59.0 Å². The summed E-state index contributed by atoms with van der Waals surface area (Å²) in [7, 11) is 0. The first kappa shape index (κ1) is 10.6. The van der Waals surface area contributed by atoms with Crippen molar-refractivity contribution in [3.63, 3.8) is 0 Å². The summed E-state index contributed by atoms with van der Waals surface area (Å²) in [5, 5.41) is 2.37. The summed E-state index contributed by atoms with van der Waals surface area (Å²) in [4.78, 5) is 3.45. The van der Waals surface area contributed by atoms with E-state index in [1.54, 1.807) is 0 Å². The maximum atomic E-state index is 6.05. The molecule has 2 aromatic carbocycles. The molecule has 1 aromatic heterocycles. The van der Waals surface area contributed by atoms with E-state index in [4.69, 9.17) is 4.42 Å². The molecule has 1 unspecified atom stereocenters. The van der Waals surface area contributed by atoms with Gasteiger partial charge < -0.3 is 4.42 Å². The molecule has 1 aliphatic rings. The van der Waals surface area contributed by atoms with Crippen molar-refractivity contribution in [1.29, 1.82) is 0 Å². The third-order valence-corrected chi connectivity index (χ3v) is 3.69. The number of fused-ring (bicyclic) bond motifs is 3. The van der Waals surface area contributed by atoms with E-state index >= 15 is 0 Å². The standard InChI is InChI=1S/C17H13NO/c1-11-9-10-15(18-11)14-7-4-6-13-12-5-2-3-8-16(12)19-17(13)14/h2-10,15H,1H3/p+1. The summed E-state index contributed by atoms with van der Waals surface area (Å²) in [6.07, 6.45) is 4.30. The average molecular weight is 248 g/mol. The first-order chi connectivity index (χ1) is 9.33. The molecule has 2 heterocycles. The molecule has 2 nitrogen and oxygen atoms in total. The van der Waals surface area contributed by atoms with Crippen molar-refractivity contribution in [2.24, 2.45) is 0 Å². The average Bonchev–Trinajstić information content (AvgIpc) is 3.02. The van der Waals surface area contributed by atoms with E-state index in [1.807, 2.05) is 12.1 Å². The zero-order valence-electron chi connectivity index (χ0n) is 10.7. The van der Waals surface area contributed by atoms with Crippen LogP contribution >= 0.6 is 0 Å². The quantitative estimate of drug-likeness (QED) is 0.704. The second-order valence-electron chi connectivity index (χ2n) is 4.99. The highest BCUT2D eigenvalue weighted by Gasteiger charge is 2.22. The first-order valence-corrected chi connectivity index (χ1v) is 6.51. The number of allylic oxidation sites excluding steroid dienone is 1. The minimum Gasteiger partial charge on any atom is -0.455 e. The van der Waals surface area contributed by atoms with E-state index < -0.39 is 0 Å². The number of para-hydroxylation sites is 2. The Labute approximate surface area is 111 Å². The minimum absolute atomic E-state index is 0.212. The maximum absolute atomic E-state index is 6.05. The SMILES string of the molecule is CC1=[NH+]C(c2cccc3c2oc2ccccc23)C=C1. The van der Waals surface area contributed by atoms with Gasteiger partial charge in [-0.05, 0) is 18.2 Å². The van der Waals surface area contributed by atoms with Crippen LogP contribution in [0.1, 0.15) is 18.5 Å². The predicted molar refractivity (Wildman–Crippen MR) is 77.2 cm³/mol. The molecule has 4 rings (SSSR count). The highest BCUT2D eigenvalue weighted by molar-refractivity contribution is 6.06. The van der Waals surface area contributed by atoms with Gasteiger partial charge in [-0.15, -0.1) is 0 Å². The Bertz CT molecular complexity index is 839. The summed E-state index contributed by atoms with van der Waals surface area (Å²) in [5.41, 5.74) is 4.33. The second-order valence-corrected chi connectivity index (χ2v) is 4.99. The Kier molecular flexibility index (Phi) is 2.12. The van der Waals surface area contributed by atoms with E-state index in [-0.39, 0.29) is 6.04 Å². The van der Waals surface area contributed by atoms with Crippen molar-refractivity contribution in [1.82, 2.24) is 0 Å². The summed E-state index contributed by atoms with van der Waals surface area (Å²) in [5.74, 6) is 0. The minimum atomic E-state index is 0.212. The normalized spacial score (nSPS) is 18.4. The van der Waals surface area contributed by atoms with Crippen molar-refractivity contribution < 1.29 is 9.41 Å². The van der Waals surface area contributed by atoms with Gasteiger partial charge in [0.2, 0.25) is 0 Å². The molecular formula is C17H14NO+. The molecule has 3 aromatic rings. The van der Waals surface area contributed by atoms with Gasteiger partial charge in [0.05, 0.1) is 5.56 Å². The van der Waals surface area contributed by atoms with Gasteiger partial charge in [0.1, 0.15) is 11.2 Å². The third kappa shape index (κ3) is 1.53. The summed E-state index contributed by atoms with van der Waals surface area (Å²) >= 11 is 0. The lowest BCUT2D eigenvalue weighted by Crippen LogP contribution is -2.70. The molecule has 0 saturated heterocycles. The molecule has 92 valence electrons. The fourth-order valence-electron chi connectivity index (χ4n) is 2.78. The molecule has 0 amide bonds. The number of hydrogen-bond acceptors (Lipinski definition) is 1. The zero-order valence-corrected chi connectivity index (χ0v) is 10.7. The number of benzene rings is 2. The monoisotopic (exact) mass is 248 g/mol. The smallest absolute Gasteiger partial charge is 0.199 e. The Morgan fingerprint density at radius 2 is 1.84 bits per heavy atom. The van der Waals surface area contributed by atoms with E-state index in [0.717, 1.165) is 11.2 Å². The molecule has 1 N–H and O–H groups in total. The maximum Gasteiger partial charge on any atom is 0.199 e. The highest BCUT2D eigenvalue weighted by atomic mass is 16.3.